The van der Waals surface area contributed by atoms with E-state index in [1.807, 2.05) is 30.3 Å². The fraction of sp³-hybridized carbons (Fsp3) is 0.167. The number of para-hydroxylation sites is 1. The Hall–Kier alpha value is -3.89. The van der Waals surface area contributed by atoms with Gasteiger partial charge in [0, 0.05) is 11.1 Å². The number of hydrogen-bond acceptors (Lipinski definition) is 7. The largest absolute Gasteiger partial charge is 0.493 e. The van der Waals surface area contributed by atoms with Gasteiger partial charge in [0.05, 0.1) is 13.3 Å². The molecule has 0 unspecified atom stereocenters. The predicted molar refractivity (Wildman–Crippen MR) is 98.6 cm³/mol. The number of hydrogen-bond donors (Lipinski definition) is 1. The molecule has 3 aromatic rings. The van der Waals surface area contributed by atoms with Crippen LogP contribution in [0.5, 0.6) is 11.5 Å². The van der Waals surface area contributed by atoms with Crippen LogP contribution in [0.4, 0.5) is 8.78 Å². The molecule has 150 valence electrons. The van der Waals surface area contributed by atoms with Gasteiger partial charge in [-0.15, -0.1) is 10.2 Å². The second-order valence-corrected chi connectivity index (χ2v) is 5.56. The van der Waals surface area contributed by atoms with Gasteiger partial charge in [-0.25, -0.2) is 5.43 Å². The molecule has 1 aromatic heterocycles. The van der Waals surface area contributed by atoms with Gasteiger partial charge in [-0.2, -0.15) is 18.7 Å². The normalized spacial score (nSPS) is 11.0. The van der Waals surface area contributed by atoms with Gasteiger partial charge < -0.3 is 9.47 Å². The van der Waals surface area contributed by atoms with Crippen molar-refractivity contribution in [2.75, 3.05) is 7.11 Å². The summed E-state index contributed by atoms with van der Waals surface area (Å²) in [6.07, 6.45) is 1.17. The van der Waals surface area contributed by atoms with Crippen LogP contribution in [0, 0.1) is 0 Å². The smallest absolute Gasteiger partial charge is 0.387 e. The molecule has 1 N–H and O–H groups in total. The molecule has 0 spiro atoms. The van der Waals surface area contributed by atoms with E-state index in [1.165, 1.54) is 25.5 Å². The lowest BCUT2D eigenvalue weighted by atomic mass is 10.2. The Morgan fingerprint density at radius 3 is 2.76 bits per heavy atom. The number of tetrazole rings is 1. The summed E-state index contributed by atoms with van der Waals surface area (Å²) in [7, 11) is 1.32. The molecule has 2 aromatic carbocycles. The fourth-order valence-corrected chi connectivity index (χ4v) is 2.36. The number of hydrazone groups is 1. The van der Waals surface area contributed by atoms with Gasteiger partial charge in [0.1, 0.15) is 6.54 Å². The Labute approximate surface area is 163 Å². The molecular formula is C18H16F2N6O3. The number of carbonyl (C=O) groups excluding carboxylic acids is 1. The van der Waals surface area contributed by atoms with Gasteiger partial charge in [0.25, 0.3) is 5.91 Å². The summed E-state index contributed by atoms with van der Waals surface area (Å²) in [6.45, 7) is -3.26. The highest BCUT2D eigenvalue weighted by Crippen LogP contribution is 2.31. The number of methoxy groups -OCH3 is 1. The Kier molecular flexibility index (Phi) is 6.40. The van der Waals surface area contributed by atoms with E-state index in [-0.39, 0.29) is 23.6 Å². The second kappa shape index (κ2) is 9.35. The third kappa shape index (κ3) is 5.31. The number of halogens is 2. The topological polar surface area (TPSA) is 104 Å². The SMILES string of the molecule is COc1cccc(/C=N\NC(=O)Cn2nnc(-c3ccccc3)n2)c1OC(F)F. The number of ether oxygens (including phenoxy) is 2. The second-order valence-electron chi connectivity index (χ2n) is 5.56. The van der Waals surface area contributed by atoms with E-state index in [1.54, 1.807) is 6.07 Å². The molecule has 11 heteroatoms. The molecule has 1 heterocycles. The summed E-state index contributed by atoms with van der Waals surface area (Å²) < 4.78 is 34.7. The lowest BCUT2D eigenvalue weighted by Gasteiger charge is -2.11. The molecule has 0 saturated carbocycles. The number of aromatic nitrogens is 4. The highest BCUT2D eigenvalue weighted by molar-refractivity contribution is 5.86. The fourth-order valence-electron chi connectivity index (χ4n) is 2.36. The summed E-state index contributed by atoms with van der Waals surface area (Å²) in [5, 5.41) is 15.6. The molecule has 0 atom stereocenters. The van der Waals surface area contributed by atoms with E-state index < -0.39 is 12.5 Å². The number of benzene rings is 2. The molecule has 9 nitrogen and oxygen atoms in total. The minimum atomic E-state index is -3.04. The van der Waals surface area contributed by atoms with Crippen LogP contribution >= 0.6 is 0 Å². The van der Waals surface area contributed by atoms with Crippen molar-refractivity contribution in [1.29, 1.82) is 0 Å². The van der Waals surface area contributed by atoms with Gasteiger partial charge in [-0.3, -0.25) is 4.79 Å². The first-order valence-corrected chi connectivity index (χ1v) is 8.33. The molecule has 0 radical (unpaired) electrons. The zero-order chi connectivity index (χ0) is 20.6. The molecule has 3 rings (SSSR count). The quantitative estimate of drug-likeness (QED) is 0.457. The van der Waals surface area contributed by atoms with E-state index in [2.05, 4.69) is 30.7 Å². The number of carbonyl (C=O) groups is 1. The molecule has 0 aliphatic heterocycles. The van der Waals surface area contributed by atoms with Crippen LogP contribution in [-0.4, -0.2) is 46.1 Å². The maximum atomic E-state index is 12.6. The van der Waals surface area contributed by atoms with Crippen molar-refractivity contribution >= 4 is 12.1 Å². The van der Waals surface area contributed by atoms with Crippen molar-refractivity contribution in [3.63, 3.8) is 0 Å². The number of nitrogens with zero attached hydrogens (tertiary/aromatic N) is 5. The van der Waals surface area contributed by atoms with Gasteiger partial charge in [-0.05, 0) is 17.3 Å². The van der Waals surface area contributed by atoms with E-state index in [4.69, 9.17) is 4.74 Å². The zero-order valence-electron chi connectivity index (χ0n) is 15.2. The molecule has 0 bridgehead atoms. The van der Waals surface area contributed by atoms with Crippen LogP contribution in [0.15, 0.2) is 53.6 Å². The van der Waals surface area contributed by atoms with Crippen LogP contribution in [0.25, 0.3) is 11.4 Å². The van der Waals surface area contributed by atoms with Crippen molar-refractivity contribution in [3.8, 4) is 22.9 Å². The van der Waals surface area contributed by atoms with Crippen LogP contribution in [0.1, 0.15) is 5.56 Å². The molecule has 29 heavy (non-hydrogen) atoms. The highest BCUT2D eigenvalue weighted by Gasteiger charge is 2.14. The standard InChI is InChI=1S/C18H16F2N6O3/c1-28-14-9-5-8-13(16(14)29-18(19)20)10-21-22-15(27)11-26-24-17(23-25-26)12-6-3-2-4-7-12/h2-10,18H,11H2,1H3,(H,22,27)/b21-10-. The first kappa shape index (κ1) is 19.9. The monoisotopic (exact) mass is 402 g/mol. The summed E-state index contributed by atoms with van der Waals surface area (Å²) in [5.41, 5.74) is 3.23. The number of nitrogens with one attached hydrogen (secondary N) is 1. The number of amides is 1. The number of alkyl halides is 2. The highest BCUT2D eigenvalue weighted by atomic mass is 19.3. The third-order valence-corrected chi connectivity index (χ3v) is 3.60. The summed E-state index contributed by atoms with van der Waals surface area (Å²) in [6, 6.07) is 13.7. The first-order chi connectivity index (χ1) is 14.1. The molecule has 0 fully saturated rings. The molecule has 0 aliphatic carbocycles. The Balaban J connectivity index is 1.63. The molecule has 0 saturated heterocycles. The minimum Gasteiger partial charge on any atom is -0.493 e. The lowest BCUT2D eigenvalue weighted by molar-refractivity contribution is -0.122. The van der Waals surface area contributed by atoms with Crippen LogP contribution < -0.4 is 14.9 Å². The van der Waals surface area contributed by atoms with Crippen molar-refractivity contribution < 1.29 is 23.0 Å². The van der Waals surface area contributed by atoms with Crippen molar-refractivity contribution in [3.05, 3.63) is 54.1 Å². The molecule has 1 amide bonds. The maximum absolute atomic E-state index is 12.6. The predicted octanol–water partition coefficient (Wildman–Crippen LogP) is 2.10. The van der Waals surface area contributed by atoms with Crippen molar-refractivity contribution in [1.82, 2.24) is 25.6 Å². The van der Waals surface area contributed by atoms with E-state index in [0.29, 0.717) is 5.82 Å². The maximum Gasteiger partial charge on any atom is 0.387 e. The summed E-state index contributed by atoms with van der Waals surface area (Å²) in [5.74, 6) is -0.223. The Morgan fingerprint density at radius 2 is 2.03 bits per heavy atom. The molecular weight excluding hydrogens is 386 g/mol. The average molecular weight is 402 g/mol. The first-order valence-electron chi connectivity index (χ1n) is 8.33. The van der Waals surface area contributed by atoms with E-state index >= 15 is 0 Å². The average Bonchev–Trinajstić information content (AvgIpc) is 3.17. The van der Waals surface area contributed by atoms with Gasteiger partial charge in [0.15, 0.2) is 11.5 Å². The Morgan fingerprint density at radius 1 is 1.24 bits per heavy atom. The van der Waals surface area contributed by atoms with Crippen molar-refractivity contribution in [2.24, 2.45) is 5.10 Å². The van der Waals surface area contributed by atoms with Gasteiger partial charge >= 0.3 is 6.61 Å². The van der Waals surface area contributed by atoms with E-state index in [9.17, 15) is 13.6 Å². The third-order valence-electron chi connectivity index (χ3n) is 3.60. The minimum absolute atomic E-state index is 0.112. The van der Waals surface area contributed by atoms with E-state index in [0.717, 1.165) is 10.4 Å². The summed E-state index contributed by atoms with van der Waals surface area (Å²) >= 11 is 0. The van der Waals surface area contributed by atoms with Crippen molar-refractivity contribution in [2.45, 2.75) is 13.2 Å². The zero-order valence-corrected chi connectivity index (χ0v) is 15.2. The molecule has 0 aliphatic rings. The summed E-state index contributed by atoms with van der Waals surface area (Å²) in [4.78, 5) is 13.1. The van der Waals surface area contributed by atoms with Crippen LogP contribution in [0.2, 0.25) is 0 Å². The van der Waals surface area contributed by atoms with Crippen LogP contribution in [0.3, 0.4) is 0 Å². The Bertz CT molecular complexity index is 994. The lowest BCUT2D eigenvalue weighted by Crippen LogP contribution is -2.24. The van der Waals surface area contributed by atoms with Crippen LogP contribution in [-0.2, 0) is 11.3 Å². The van der Waals surface area contributed by atoms with Gasteiger partial charge in [-0.1, -0.05) is 36.4 Å². The van der Waals surface area contributed by atoms with Gasteiger partial charge in [0.2, 0.25) is 5.82 Å². The number of rotatable bonds is 8.